The van der Waals surface area contributed by atoms with Crippen LogP contribution in [0.1, 0.15) is 33.6 Å². The Labute approximate surface area is 115 Å². The first-order chi connectivity index (χ1) is 8.43. The van der Waals surface area contributed by atoms with Crippen LogP contribution >= 0.6 is 0 Å². The van der Waals surface area contributed by atoms with Crippen LogP contribution in [0.3, 0.4) is 0 Å². The lowest BCUT2D eigenvalue weighted by Crippen LogP contribution is -2.46. The monoisotopic (exact) mass is 292 g/mol. The molecule has 7 heteroatoms. The quantitative estimate of drug-likeness (QED) is 0.450. The topological polar surface area (TPSA) is 109 Å². The van der Waals surface area contributed by atoms with Gasteiger partial charge in [-0.05, 0) is 39.5 Å². The van der Waals surface area contributed by atoms with Gasteiger partial charge in [0.05, 0.1) is 5.75 Å². The van der Waals surface area contributed by atoms with E-state index in [4.69, 9.17) is 10.3 Å². The van der Waals surface area contributed by atoms with Gasteiger partial charge in [0.15, 0.2) is 0 Å². The van der Waals surface area contributed by atoms with Gasteiger partial charge in [-0.15, -0.1) is 0 Å². The highest BCUT2D eigenvalue weighted by Crippen LogP contribution is 2.19. The Kier molecular flexibility index (Phi) is 6.68. The second kappa shape index (κ2) is 7.02. The molecule has 0 rings (SSSR count). The summed E-state index contributed by atoms with van der Waals surface area (Å²) in [7, 11) is -3.95. The van der Waals surface area contributed by atoms with Gasteiger partial charge in [0.2, 0.25) is 5.91 Å². The predicted molar refractivity (Wildman–Crippen MR) is 75.2 cm³/mol. The van der Waals surface area contributed by atoms with Crippen LogP contribution in [0, 0.1) is 5.92 Å². The normalized spacial score (nSPS) is 13.9. The van der Waals surface area contributed by atoms with Crippen molar-refractivity contribution in [1.29, 1.82) is 0 Å². The Morgan fingerprint density at radius 3 is 2.37 bits per heavy atom. The molecule has 0 aliphatic rings. The summed E-state index contributed by atoms with van der Waals surface area (Å²) in [5.41, 5.74) is 5.86. The molecule has 0 heterocycles. The van der Waals surface area contributed by atoms with Crippen LogP contribution in [0.4, 0.5) is 0 Å². The lowest BCUT2D eigenvalue weighted by molar-refractivity contribution is -0.117. The largest absolute Gasteiger partial charge is 0.352 e. The van der Waals surface area contributed by atoms with E-state index in [1.54, 1.807) is 6.92 Å². The van der Waals surface area contributed by atoms with E-state index in [9.17, 15) is 13.2 Å². The van der Waals surface area contributed by atoms with E-state index in [-0.39, 0.29) is 17.6 Å². The molecule has 0 spiro atoms. The van der Waals surface area contributed by atoms with Gasteiger partial charge in [-0.3, -0.25) is 9.35 Å². The van der Waals surface area contributed by atoms with Crippen molar-refractivity contribution in [2.45, 2.75) is 39.2 Å². The van der Waals surface area contributed by atoms with E-state index in [1.165, 1.54) is 0 Å². The van der Waals surface area contributed by atoms with Crippen molar-refractivity contribution < 1.29 is 17.8 Å². The Bertz CT molecular complexity index is 424. The fourth-order valence-corrected chi connectivity index (χ4v) is 2.15. The van der Waals surface area contributed by atoms with Gasteiger partial charge in [0, 0.05) is 17.7 Å². The van der Waals surface area contributed by atoms with Gasteiger partial charge in [-0.25, -0.2) is 0 Å². The number of carbonyl (C=O) groups is 1. The number of rotatable bonds is 8. The highest BCUT2D eigenvalue weighted by atomic mass is 32.2. The molecule has 19 heavy (non-hydrogen) atoms. The minimum Gasteiger partial charge on any atom is -0.352 e. The maximum atomic E-state index is 11.4. The van der Waals surface area contributed by atoms with Crippen LogP contribution < -0.4 is 11.1 Å². The minimum atomic E-state index is -3.95. The van der Waals surface area contributed by atoms with Crippen molar-refractivity contribution in [3.63, 3.8) is 0 Å². The van der Waals surface area contributed by atoms with E-state index in [0.717, 1.165) is 0 Å². The summed E-state index contributed by atoms with van der Waals surface area (Å²) in [5.74, 6) is -0.629. The summed E-state index contributed by atoms with van der Waals surface area (Å²) in [5, 5.41) is 2.71. The molecule has 0 fully saturated rings. The van der Waals surface area contributed by atoms with Crippen molar-refractivity contribution in [1.82, 2.24) is 5.32 Å². The molecule has 0 bridgehead atoms. The average molecular weight is 292 g/mol. The third kappa shape index (κ3) is 8.74. The number of hydrogen-bond donors (Lipinski definition) is 3. The molecule has 0 aromatic carbocycles. The van der Waals surface area contributed by atoms with E-state index < -0.39 is 15.7 Å². The third-order valence-electron chi connectivity index (χ3n) is 2.90. The zero-order valence-electron chi connectivity index (χ0n) is 11.8. The zero-order chi connectivity index (χ0) is 15.3. The number of nitrogens with one attached hydrogen (secondary N) is 1. The summed E-state index contributed by atoms with van der Waals surface area (Å²) >= 11 is 0. The summed E-state index contributed by atoms with van der Waals surface area (Å²) in [6.07, 6.45) is 0.798. The van der Waals surface area contributed by atoms with Crippen molar-refractivity contribution in [2.24, 2.45) is 11.7 Å². The fourth-order valence-electron chi connectivity index (χ4n) is 1.62. The van der Waals surface area contributed by atoms with E-state index in [0.29, 0.717) is 25.0 Å². The van der Waals surface area contributed by atoms with Crippen LogP contribution in [-0.2, 0) is 14.9 Å². The maximum Gasteiger partial charge on any atom is 0.264 e. The SMILES string of the molecule is C=C(C)C(=O)NCC(CCCS(=O)(=O)O)C(C)(C)N. The Morgan fingerprint density at radius 2 is 2.00 bits per heavy atom. The number of amides is 1. The van der Waals surface area contributed by atoms with Crippen LogP contribution in [0.25, 0.3) is 0 Å². The summed E-state index contributed by atoms with van der Waals surface area (Å²) in [6.45, 7) is 9.12. The zero-order valence-corrected chi connectivity index (χ0v) is 12.6. The molecule has 1 unspecified atom stereocenters. The van der Waals surface area contributed by atoms with Crippen LogP contribution in [0.2, 0.25) is 0 Å². The predicted octanol–water partition coefficient (Wildman–Crippen LogP) is 0.700. The summed E-state index contributed by atoms with van der Waals surface area (Å²) < 4.78 is 30.0. The van der Waals surface area contributed by atoms with Crippen molar-refractivity contribution in [2.75, 3.05) is 12.3 Å². The van der Waals surface area contributed by atoms with Gasteiger partial charge in [-0.1, -0.05) is 6.58 Å². The highest BCUT2D eigenvalue weighted by Gasteiger charge is 2.25. The lowest BCUT2D eigenvalue weighted by atomic mass is 9.85. The van der Waals surface area contributed by atoms with Crippen molar-refractivity contribution >= 4 is 16.0 Å². The average Bonchev–Trinajstić information content (AvgIpc) is 2.18. The molecule has 1 amide bonds. The minimum absolute atomic E-state index is 0.0856. The van der Waals surface area contributed by atoms with Gasteiger partial charge in [0.1, 0.15) is 0 Å². The van der Waals surface area contributed by atoms with Crippen molar-refractivity contribution in [3.05, 3.63) is 12.2 Å². The second-order valence-electron chi connectivity index (χ2n) is 5.44. The molecule has 6 nitrogen and oxygen atoms in total. The highest BCUT2D eigenvalue weighted by molar-refractivity contribution is 7.85. The third-order valence-corrected chi connectivity index (χ3v) is 3.71. The maximum absolute atomic E-state index is 11.4. The van der Waals surface area contributed by atoms with Gasteiger partial charge in [-0.2, -0.15) is 8.42 Å². The van der Waals surface area contributed by atoms with Gasteiger partial charge >= 0.3 is 0 Å². The summed E-state index contributed by atoms with van der Waals surface area (Å²) in [6, 6.07) is 0. The van der Waals surface area contributed by atoms with Crippen LogP contribution in [0.15, 0.2) is 12.2 Å². The van der Waals surface area contributed by atoms with Gasteiger partial charge in [0.25, 0.3) is 10.1 Å². The first-order valence-electron chi connectivity index (χ1n) is 6.11. The molecular formula is C12H24N2O4S. The fraction of sp³-hybridized carbons (Fsp3) is 0.750. The van der Waals surface area contributed by atoms with E-state index >= 15 is 0 Å². The molecule has 0 aromatic rings. The summed E-state index contributed by atoms with van der Waals surface area (Å²) in [4.78, 5) is 11.4. The standard InChI is InChI=1S/C12H24N2O4S/c1-9(2)11(15)14-8-10(12(3,4)13)6-5-7-19(16,17)18/h10H,1,5-8,13H2,2-4H3,(H,14,15)(H,16,17,18). The molecular weight excluding hydrogens is 268 g/mol. The second-order valence-corrected chi connectivity index (χ2v) is 7.01. The smallest absolute Gasteiger partial charge is 0.264 e. The van der Waals surface area contributed by atoms with Crippen LogP contribution in [-0.4, -0.2) is 36.7 Å². The molecule has 0 aromatic heterocycles. The Hall–Kier alpha value is -0.920. The molecule has 0 saturated carbocycles. The first kappa shape index (κ1) is 18.1. The Morgan fingerprint density at radius 1 is 1.47 bits per heavy atom. The molecule has 112 valence electrons. The number of hydrogen-bond acceptors (Lipinski definition) is 4. The Balaban J connectivity index is 4.42. The van der Waals surface area contributed by atoms with E-state index in [1.807, 2.05) is 13.8 Å². The molecule has 1 atom stereocenters. The molecule has 0 aliphatic carbocycles. The number of nitrogens with two attached hydrogens (primary N) is 1. The first-order valence-corrected chi connectivity index (χ1v) is 7.72. The van der Waals surface area contributed by atoms with Crippen LogP contribution in [0.5, 0.6) is 0 Å². The molecule has 4 N–H and O–H groups in total. The molecule has 0 aliphatic heterocycles. The lowest BCUT2D eigenvalue weighted by Gasteiger charge is -2.30. The molecule has 0 radical (unpaired) electrons. The number of carbonyl (C=O) groups excluding carboxylic acids is 1. The van der Waals surface area contributed by atoms with Gasteiger partial charge < -0.3 is 11.1 Å². The van der Waals surface area contributed by atoms with E-state index in [2.05, 4.69) is 11.9 Å². The van der Waals surface area contributed by atoms with Crippen molar-refractivity contribution in [3.8, 4) is 0 Å². The molecule has 0 saturated heterocycles.